The summed E-state index contributed by atoms with van der Waals surface area (Å²) in [6, 6.07) is 4.05. The first-order valence-electron chi connectivity index (χ1n) is 3.76. The van der Waals surface area contributed by atoms with Crippen molar-refractivity contribution in [2.24, 2.45) is 0 Å². The number of carbonyl (C=O) groups is 1. The van der Waals surface area contributed by atoms with Gasteiger partial charge in [-0.2, -0.15) is 0 Å². The molecule has 0 N–H and O–H groups in total. The molecule has 0 spiro atoms. The molecule has 1 aromatic carbocycles. The van der Waals surface area contributed by atoms with E-state index < -0.39 is 9.80 Å². The summed E-state index contributed by atoms with van der Waals surface area (Å²) < 4.78 is 4.59. The number of hydrogen-bond donors (Lipinski definition) is 0. The van der Waals surface area contributed by atoms with Crippen LogP contribution in [-0.2, 0) is 11.3 Å². The third kappa shape index (κ3) is 3.49. The number of nitro groups is 1. The van der Waals surface area contributed by atoms with E-state index in [0.717, 1.165) is 0 Å². The predicted octanol–water partition coefficient (Wildman–Crippen LogP) is 3.28. The Morgan fingerprint density at radius 3 is 2.80 bits per heavy atom. The van der Waals surface area contributed by atoms with E-state index in [2.05, 4.69) is 20.7 Å². The Labute approximate surface area is 98.3 Å². The fourth-order valence-corrected chi connectivity index (χ4v) is 1.29. The van der Waals surface area contributed by atoms with Gasteiger partial charge in [0.05, 0.1) is 10.5 Å². The Bertz CT molecular complexity index is 410. The van der Waals surface area contributed by atoms with Crippen molar-refractivity contribution < 1.29 is 14.5 Å². The molecule has 0 amide bonds. The zero-order valence-corrected chi connectivity index (χ0v) is 9.62. The molecule has 0 saturated heterocycles. The van der Waals surface area contributed by atoms with E-state index in [1.165, 1.54) is 18.2 Å². The van der Waals surface area contributed by atoms with Gasteiger partial charge >= 0.3 is 4.88 Å². The number of rotatable bonds is 3. The van der Waals surface area contributed by atoms with Crippen LogP contribution in [-0.4, -0.2) is 9.80 Å². The standard InChI is InChI=1S/C8H5BrClNO4/c9-8(12)15-4-5-3-6(10)1-2-7(5)11(13)14/h1-3H,4H2. The minimum Gasteiger partial charge on any atom is -0.452 e. The fourth-order valence-electron chi connectivity index (χ4n) is 0.982. The van der Waals surface area contributed by atoms with Crippen LogP contribution in [0.3, 0.4) is 0 Å². The van der Waals surface area contributed by atoms with E-state index in [-0.39, 0.29) is 17.9 Å². The summed E-state index contributed by atoms with van der Waals surface area (Å²) in [6.07, 6.45) is 0. The molecule has 0 heterocycles. The van der Waals surface area contributed by atoms with Crippen molar-refractivity contribution >= 4 is 38.1 Å². The van der Waals surface area contributed by atoms with Crippen LogP contribution < -0.4 is 0 Å². The van der Waals surface area contributed by atoms with Crippen molar-refractivity contribution in [2.45, 2.75) is 6.61 Å². The van der Waals surface area contributed by atoms with Gasteiger partial charge in [-0.1, -0.05) is 11.6 Å². The van der Waals surface area contributed by atoms with Gasteiger partial charge in [-0.25, -0.2) is 4.79 Å². The summed E-state index contributed by atoms with van der Waals surface area (Å²) in [5, 5.41) is 10.9. The third-order valence-corrected chi connectivity index (χ3v) is 2.04. The van der Waals surface area contributed by atoms with Crippen molar-refractivity contribution in [3.63, 3.8) is 0 Å². The van der Waals surface area contributed by atoms with Gasteiger partial charge in [-0.3, -0.25) is 10.1 Å². The van der Waals surface area contributed by atoms with E-state index in [9.17, 15) is 14.9 Å². The second-order valence-corrected chi connectivity index (χ2v) is 3.64. The molecular formula is C8H5BrClNO4. The molecule has 1 rings (SSSR count). The van der Waals surface area contributed by atoms with Gasteiger partial charge in [0.25, 0.3) is 5.69 Å². The highest BCUT2D eigenvalue weighted by molar-refractivity contribution is 9.18. The first-order valence-corrected chi connectivity index (χ1v) is 4.93. The quantitative estimate of drug-likeness (QED) is 0.487. The SMILES string of the molecule is O=C(Br)OCc1cc(Cl)ccc1[N+](=O)[O-]. The zero-order chi connectivity index (χ0) is 11.4. The maximum absolute atomic E-state index is 10.6. The van der Waals surface area contributed by atoms with Crippen molar-refractivity contribution in [2.75, 3.05) is 0 Å². The minimum atomic E-state index is -0.684. The van der Waals surface area contributed by atoms with E-state index in [1.54, 1.807) is 0 Å². The number of halogens is 2. The van der Waals surface area contributed by atoms with Crippen molar-refractivity contribution in [3.8, 4) is 0 Å². The Kier molecular flexibility index (Phi) is 4.05. The van der Waals surface area contributed by atoms with Crippen molar-refractivity contribution in [1.82, 2.24) is 0 Å². The zero-order valence-electron chi connectivity index (χ0n) is 7.28. The molecule has 1 aromatic rings. The maximum Gasteiger partial charge on any atom is 0.374 e. The second kappa shape index (κ2) is 5.09. The minimum absolute atomic E-state index is 0.131. The monoisotopic (exact) mass is 293 g/mol. The largest absolute Gasteiger partial charge is 0.452 e. The van der Waals surface area contributed by atoms with E-state index >= 15 is 0 Å². The summed E-state index contributed by atoms with van der Waals surface area (Å²) in [5.74, 6) is 0. The van der Waals surface area contributed by atoms with Crippen molar-refractivity contribution in [3.05, 3.63) is 38.9 Å². The summed E-state index contributed by atoms with van der Waals surface area (Å²) >= 11 is 8.21. The summed E-state index contributed by atoms with van der Waals surface area (Å²) in [4.78, 5) is 19.8. The van der Waals surface area contributed by atoms with Crippen LogP contribution in [0.4, 0.5) is 10.5 Å². The van der Waals surface area contributed by atoms with Crippen LogP contribution >= 0.6 is 27.5 Å². The topological polar surface area (TPSA) is 69.4 Å². The highest BCUT2D eigenvalue weighted by Gasteiger charge is 2.14. The molecule has 0 fully saturated rings. The third-order valence-electron chi connectivity index (χ3n) is 1.58. The van der Waals surface area contributed by atoms with E-state index in [1.807, 2.05) is 0 Å². The van der Waals surface area contributed by atoms with Crippen LogP contribution in [0.2, 0.25) is 5.02 Å². The number of carbonyl (C=O) groups excluding carboxylic acids is 1. The first-order chi connectivity index (χ1) is 7.00. The van der Waals surface area contributed by atoms with Gasteiger partial charge in [0.15, 0.2) is 0 Å². The molecule has 0 unspecified atom stereocenters. The van der Waals surface area contributed by atoms with Crippen LogP contribution in [0.5, 0.6) is 0 Å². The molecule has 7 heteroatoms. The molecule has 0 saturated carbocycles. The molecule has 0 aromatic heterocycles. The predicted molar refractivity (Wildman–Crippen MR) is 57.2 cm³/mol. The lowest BCUT2D eigenvalue weighted by Gasteiger charge is -2.02. The second-order valence-electron chi connectivity index (χ2n) is 2.56. The molecule has 0 aliphatic carbocycles. The molecular weight excluding hydrogens is 289 g/mol. The molecule has 0 bridgehead atoms. The van der Waals surface area contributed by atoms with Gasteiger partial charge in [-0.15, -0.1) is 0 Å². The highest BCUT2D eigenvalue weighted by atomic mass is 79.9. The average Bonchev–Trinajstić information content (AvgIpc) is 2.14. The van der Waals surface area contributed by atoms with Crippen LogP contribution in [0, 0.1) is 10.1 Å². The molecule has 0 aliphatic rings. The summed E-state index contributed by atoms with van der Waals surface area (Å²) in [6.45, 7) is -0.193. The van der Waals surface area contributed by atoms with Crippen LogP contribution in [0.25, 0.3) is 0 Å². The van der Waals surface area contributed by atoms with Gasteiger partial charge in [0.1, 0.15) is 6.61 Å². The highest BCUT2D eigenvalue weighted by Crippen LogP contribution is 2.23. The van der Waals surface area contributed by atoms with Gasteiger partial charge in [0.2, 0.25) is 0 Å². The lowest BCUT2D eigenvalue weighted by molar-refractivity contribution is -0.385. The molecule has 5 nitrogen and oxygen atoms in total. The average molecular weight is 294 g/mol. The Morgan fingerprint density at radius 1 is 1.60 bits per heavy atom. The number of nitro benzene ring substituents is 1. The molecule has 0 radical (unpaired) electrons. The lowest BCUT2D eigenvalue weighted by Crippen LogP contribution is -1.99. The Balaban J connectivity index is 2.96. The van der Waals surface area contributed by atoms with Gasteiger partial charge < -0.3 is 4.74 Å². The molecule has 0 aliphatic heterocycles. The molecule has 15 heavy (non-hydrogen) atoms. The van der Waals surface area contributed by atoms with Crippen LogP contribution in [0.15, 0.2) is 18.2 Å². The fraction of sp³-hybridized carbons (Fsp3) is 0.125. The number of hydrogen-bond acceptors (Lipinski definition) is 4. The smallest absolute Gasteiger partial charge is 0.374 e. The maximum atomic E-state index is 10.6. The number of ether oxygens (including phenoxy) is 1. The van der Waals surface area contributed by atoms with E-state index in [4.69, 9.17) is 11.6 Å². The summed E-state index contributed by atoms with van der Waals surface area (Å²) in [7, 11) is 0. The normalized spacial score (nSPS) is 9.73. The lowest BCUT2D eigenvalue weighted by atomic mass is 10.2. The van der Waals surface area contributed by atoms with Crippen LogP contribution in [0.1, 0.15) is 5.56 Å². The number of benzene rings is 1. The summed E-state index contributed by atoms with van der Waals surface area (Å²) in [5.41, 5.74) is 0.119. The Morgan fingerprint density at radius 2 is 2.27 bits per heavy atom. The van der Waals surface area contributed by atoms with Crippen molar-refractivity contribution in [1.29, 1.82) is 0 Å². The molecule has 80 valence electrons. The van der Waals surface area contributed by atoms with E-state index in [0.29, 0.717) is 5.02 Å². The van der Waals surface area contributed by atoms with Gasteiger partial charge in [-0.05, 0) is 12.1 Å². The Hall–Kier alpha value is -1.14. The molecule has 0 atom stereocenters. The van der Waals surface area contributed by atoms with Gasteiger partial charge in [0, 0.05) is 27.0 Å². The number of nitrogens with zero attached hydrogens (tertiary/aromatic N) is 1. The first kappa shape index (κ1) is 11.9.